The van der Waals surface area contributed by atoms with E-state index >= 15 is 0 Å². The minimum absolute atomic E-state index is 0.0241. The number of piperazine rings is 1. The largest absolute Gasteiger partial charge is 0.486 e. The number of nitro benzene ring substituents is 1. The molecule has 2 heterocycles. The van der Waals surface area contributed by atoms with E-state index in [1.54, 1.807) is 13.0 Å². The van der Waals surface area contributed by atoms with E-state index in [1.165, 1.54) is 39.5 Å². The molecule has 0 radical (unpaired) electrons. The molecule has 1 fully saturated rings. The van der Waals surface area contributed by atoms with Crippen LogP contribution in [0, 0.1) is 17.0 Å². The Labute approximate surface area is 190 Å². The standard InChI is InChI=1S/C21H23N3O8S/c1-15-12-16(2-4-18(15)24(26)27)32-14-21(25)22-6-8-23(9-7-22)33(28,29)17-3-5-19-20(13-17)31-11-10-30-19/h2-5,12-13H,6-11,14H2,1H3. The van der Waals surface area contributed by atoms with Gasteiger partial charge in [0.25, 0.3) is 11.6 Å². The number of aryl methyl sites for hydroxylation is 1. The van der Waals surface area contributed by atoms with Gasteiger partial charge in [-0.3, -0.25) is 14.9 Å². The van der Waals surface area contributed by atoms with Crippen LogP contribution in [0.1, 0.15) is 5.56 Å². The van der Waals surface area contributed by atoms with Gasteiger partial charge in [0.05, 0.1) is 9.82 Å². The number of nitrogens with zero attached hydrogens (tertiary/aromatic N) is 3. The molecule has 33 heavy (non-hydrogen) atoms. The summed E-state index contributed by atoms with van der Waals surface area (Å²) in [5.74, 6) is 0.974. The molecule has 0 saturated carbocycles. The minimum atomic E-state index is -3.74. The van der Waals surface area contributed by atoms with Gasteiger partial charge in [0.15, 0.2) is 18.1 Å². The van der Waals surface area contributed by atoms with Crippen LogP contribution in [0.15, 0.2) is 41.3 Å². The van der Waals surface area contributed by atoms with E-state index < -0.39 is 14.9 Å². The molecule has 2 aromatic carbocycles. The molecule has 0 unspecified atom stereocenters. The van der Waals surface area contributed by atoms with E-state index in [4.69, 9.17) is 14.2 Å². The first-order valence-electron chi connectivity index (χ1n) is 10.3. The Balaban J connectivity index is 1.33. The molecule has 0 bridgehead atoms. The summed E-state index contributed by atoms with van der Waals surface area (Å²) in [6, 6.07) is 8.80. The molecule has 1 saturated heterocycles. The van der Waals surface area contributed by atoms with Crippen molar-refractivity contribution in [3.8, 4) is 17.2 Å². The van der Waals surface area contributed by atoms with Gasteiger partial charge in [-0.25, -0.2) is 8.42 Å². The second-order valence-corrected chi connectivity index (χ2v) is 9.52. The summed E-state index contributed by atoms with van der Waals surface area (Å²) in [5, 5.41) is 10.9. The first kappa shape index (κ1) is 22.8. The van der Waals surface area contributed by atoms with Crippen LogP contribution in [-0.4, -0.2) is 74.5 Å². The number of nitro groups is 1. The molecule has 0 spiro atoms. The third-order valence-corrected chi connectivity index (χ3v) is 7.36. The Hall–Kier alpha value is -3.38. The average Bonchev–Trinajstić information content (AvgIpc) is 2.82. The summed E-state index contributed by atoms with van der Waals surface area (Å²) in [6.07, 6.45) is 0. The van der Waals surface area contributed by atoms with Gasteiger partial charge in [-0.2, -0.15) is 4.31 Å². The Morgan fingerprint density at radius 2 is 1.76 bits per heavy atom. The molecule has 11 nitrogen and oxygen atoms in total. The van der Waals surface area contributed by atoms with Gasteiger partial charge in [0.1, 0.15) is 19.0 Å². The SMILES string of the molecule is Cc1cc(OCC(=O)N2CCN(S(=O)(=O)c3ccc4c(c3)OCCO4)CC2)ccc1[N+](=O)[O-]. The number of ether oxygens (including phenoxy) is 3. The van der Waals surface area contributed by atoms with Crippen LogP contribution in [0.2, 0.25) is 0 Å². The van der Waals surface area contributed by atoms with Gasteiger partial charge in [-0.05, 0) is 31.2 Å². The van der Waals surface area contributed by atoms with Crippen molar-refractivity contribution in [3.05, 3.63) is 52.1 Å². The van der Waals surface area contributed by atoms with Crippen LogP contribution in [0.5, 0.6) is 17.2 Å². The lowest BCUT2D eigenvalue weighted by Crippen LogP contribution is -2.51. The normalized spacial score (nSPS) is 16.3. The number of carbonyl (C=O) groups excluding carboxylic acids is 1. The van der Waals surface area contributed by atoms with E-state index in [0.29, 0.717) is 36.0 Å². The third-order valence-electron chi connectivity index (χ3n) is 5.47. The van der Waals surface area contributed by atoms with Crippen molar-refractivity contribution >= 4 is 21.6 Å². The third kappa shape index (κ3) is 4.86. The van der Waals surface area contributed by atoms with Crippen molar-refractivity contribution in [3.63, 3.8) is 0 Å². The highest BCUT2D eigenvalue weighted by atomic mass is 32.2. The van der Waals surface area contributed by atoms with Gasteiger partial charge in [0.2, 0.25) is 10.0 Å². The highest BCUT2D eigenvalue weighted by molar-refractivity contribution is 7.89. The highest BCUT2D eigenvalue weighted by Crippen LogP contribution is 2.33. The van der Waals surface area contributed by atoms with Crippen molar-refractivity contribution in [2.24, 2.45) is 0 Å². The summed E-state index contributed by atoms with van der Waals surface area (Å²) >= 11 is 0. The number of hydrogen-bond donors (Lipinski definition) is 0. The minimum Gasteiger partial charge on any atom is -0.486 e. The predicted molar refractivity (Wildman–Crippen MR) is 116 cm³/mol. The molecule has 2 aliphatic rings. The Morgan fingerprint density at radius 1 is 1.06 bits per heavy atom. The van der Waals surface area contributed by atoms with Crippen LogP contribution in [0.4, 0.5) is 5.69 Å². The summed E-state index contributed by atoms with van der Waals surface area (Å²) in [6.45, 7) is 2.89. The Morgan fingerprint density at radius 3 is 2.42 bits per heavy atom. The topological polar surface area (TPSA) is 129 Å². The maximum absolute atomic E-state index is 13.0. The van der Waals surface area contributed by atoms with Crippen LogP contribution in [0.25, 0.3) is 0 Å². The maximum atomic E-state index is 13.0. The Bertz CT molecular complexity index is 1180. The van der Waals surface area contributed by atoms with Gasteiger partial charge >= 0.3 is 0 Å². The van der Waals surface area contributed by atoms with Crippen LogP contribution in [0.3, 0.4) is 0 Å². The number of benzene rings is 2. The summed E-state index contributed by atoms with van der Waals surface area (Å²) in [7, 11) is -3.74. The molecule has 2 aliphatic heterocycles. The molecule has 4 rings (SSSR count). The maximum Gasteiger partial charge on any atom is 0.272 e. The van der Waals surface area contributed by atoms with Crippen molar-refractivity contribution in [2.45, 2.75) is 11.8 Å². The molecule has 0 aromatic heterocycles. The fourth-order valence-electron chi connectivity index (χ4n) is 3.67. The lowest BCUT2D eigenvalue weighted by Gasteiger charge is -2.34. The van der Waals surface area contributed by atoms with Crippen molar-refractivity contribution < 1.29 is 32.3 Å². The lowest BCUT2D eigenvalue weighted by molar-refractivity contribution is -0.385. The smallest absolute Gasteiger partial charge is 0.272 e. The van der Waals surface area contributed by atoms with Gasteiger partial charge < -0.3 is 19.1 Å². The zero-order valence-corrected chi connectivity index (χ0v) is 18.7. The number of amides is 1. The molecule has 2 aromatic rings. The van der Waals surface area contributed by atoms with E-state index in [9.17, 15) is 23.3 Å². The number of hydrogen-bond acceptors (Lipinski definition) is 8. The fourth-order valence-corrected chi connectivity index (χ4v) is 5.11. The monoisotopic (exact) mass is 477 g/mol. The first-order valence-corrected chi connectivity index (χ1v) is 11.7. The molecule has 176 valence electrons. The number of rotatable bonds is 6. The second-order valence-electron chi connectivity index (χ2n) is 7.58. The summed E-state index contributed by atoms with van der Waals surface area (Å²) < 4.78 is 43.8. The van der Waals surface area contributed by atoms with Crippen molar-refractivity contribution in [1.29, 1.82) is 0 Å². The van der Waals surface area contributed by atoms with Gasteiger partial charge in [-0.15, -0.1) is 0 Å². The van der Waals surface area contributed by atoms with Crippen molar-refractivity contribution in [2.75, 3.05) is 46.0 Å². The van der Waals surface area contributed by atoms with E-state index in [0.717, 1.165) is 0 Å². The zero-order valence-electron chi connectivity index (χ0n) is 17.9. The predicted octanol–water partition coefficient (Wildman–Crippen LogP) is 1.59. The summed E-state index contributed by atoms with van der Waals surface area (Å²) in [5.41, 5.74) is 0.409. The Kier molecular flexibility index (Phi) is 6.38. The molecule has 1 amide bonds. The zero-order chi connectivity index (χ0) is 23.6. The van der Waals surface area contributed by atoms with E-state index in [1.807, 2.05) is 0 Å². The van der Waals surface area contributed by atoms with Crippen LogP contribution < -0.4 is 14.2 Å². The first-order chi connectivity index (χ1) is 15.8. The van der Waals surface area contributed by atoms with Gasteiger partial charge in [0, 0.05) is 43.9 Å². The van der Waals surface area contributed by atoms with Crippen LogP contribution >= 0.6 is 0 Å². The molecule has 0 N–H and O–H groups in total. The quantitative estimate of drug-likeness (QED) is 0.453. The number of fused-ring (bicyclic) bond motifs is 1. The molecule has 12 heteroatoms. The second kappa shape index (κ2) is 9.24. The van der Waals surface area contributed by atoms with E-state index in [-0.39, 0.29) is 49.3 Å². The molecule has 0 atom stereocenters. The van der Waals surface area contributed by atoms with Crippen LogP contribution in [-0.2, 0) is 14.8 Å². The molecule has 0 aliphatic carbocycles. The molecular weight excluding hydrogens is 454 g/mol. The lowest BCUT2D eigenvalue weighted by atomic mass is 10.2. The van der Waals surface area contributed by atoms with E-state index in [2.05, 4.69) is 0 Å². The highest BCUT2D eigenvalue weighted by Gasteiger charge is 2.31. The molecular formula is C21H23N3O8S. The average molecular weight is 477 g/mol. The number of sulfonamides is 1. The summed E-state index contributed by atoms with van der Waals surface area (Å²) in [4.78, 5) is 24.6. The van der Waals surface area contributed by atoms with Gasteiger partial charge in [-0.1, -0.05) is 0 Å². The fraction of sp³-hybridized carbons (Fsp3) is 0.381. The number of carbonyl (C=O) groups is 1. The van der Waals surface area contributed by atoms with Crippen molar-refractivity contribution in [1.82, 2.24) is 9.21 Å².